The highest BCUT2D eigenvalue weighted by atomic mass is 19.1. The molecule has 5 nitrogen and oxygen atoms in total. The average molecular weight is 248 g/mol. The maximum absolute atomic E-state index is 13.6. The first-order chi connectivity index (χ1) is 8.60. The van der Waals surface area contributed by atoms with Crippen LogP contribution in [0.25, 0.3) is 0 Å². The molecule has 18 heavy (non-hydrogen) atoms. The van der Waals surface area contributed by atoms with E-state index in [-0.39, 0.29) is 12.2 Å². The van der Waals surface area contributed by atoms with Gasteiger partial charge in [0.2, 0.25) is 0 Å². The molecular formula is C12H13FN4O. The van der Waals surface area contributed by atoms with Gasteiger partial charge in [0, 0.05) is 19.8 Å². The lowest BCUT2D eigenvalue weighted by molar-refractivity contribution is 0.102. The number of aromatic nitrogens is 2. The molecule has 1 amide bonds. The van der Waals surface area contributed by atoms with Crippen LogP contribution in [0.3, 0.4) is 0 Å². The van der Waals surface area contributed by atoms with Crippen molar-refractivity contribution < 1.29 is 9.18 Å². The molecule has 94 valence electrons. The number of halogens is 1. The number of hydrogen-bond donors (Lipinski definition) is 2. The molecule has 0 atom stereocenters. The number of nitrogens with zero attached hydrogens (tertiary/aromatic N) is 2. The summed E-state index contributed by atoms with van der Waals surface area (Å²) in [4.78, 5) is 11.8. The van der Waals surface area contributed by atoms with Crippen LogP contribution in [0, 0.1) is 5.82 Å². The van der Waals surface area contributed by atoms with Crippen LogP contribution in [0.4, 0.5) is 10.1 Å². The van der Waals surface area contributed by atoms with E-state index in [1.54, 1.807) is 19.3 Å². The molecule has 0 fully saturated rings. The number of carbonyl (C=O) groups is 1. The second-order valence-corrected chi connectivity index (χ2v) is 3.88. The highest BCUT2D eigenvalue weighted by molar-refractivity contribution is 6.03. The minimum Gasteiger partial charge on any atom is -0.326 e. The van der Waals surface area contributed by atoms with Crippen molar-refractivity contribution in [3.8, 4) is 0 Å². The number of amides is 1. The predicted octanol–water partition coefficient (Wildman–Crippen LogP) is 1.27. The van der Waals surface area contributed by atoms with Crippen LogP contribution in [0.1, 0.15) is 15.9 Å². The summed E-state index contributed by atoms with van der Waals surface area (Å²) < 4.78 is 15.1. The summed E-state index contributed by atoms with van der Waals surface area (Å²) >= 11 is 0. The highest BCUT2D eigenvalue weighted by Crippen LogP contribution is 2.16. The van der Waals surface area contributed by atoms with Crippen molar-refractivity contribution in [2.24, 2.45) is 12.8 Å². The fraction of sp³-hybridized carbons (Fsp3) is 0.167. The molecule has 0 aliphatic heterocycles. The topological polar surface area (TPSA) is 72.9 Å². The number of nitrogens with two attached hydrogens (primary N) is 1. The van der Waals surface area contributed by atoms with E-state index in [1.807, 2.05) is 0 Å². The Morgan fingerprint density at radius 1 is 1.56 bits per heavy atom. The zero-order chi connectivity index (χ0) is 13.1. The molecule has 0 unspecified atom stereocenters. The van der Waals surface area contributed by atoms with Crippen molar-refractivity contribution in [3.63, 3.8) is 0 Å². The molecule has 6 heteroatoms. The third-order valence-electron chi connectivity index (χ3n) is 2.48. The second kappa shape index (κ2) is 4.97. The zero-order valence-electron chi connectivity index (χ0n) is 9.85. The fourth-order valence-electron chi connectivity index (χ4n) is 1.52. The van der Waals surface area contributed by atoms with Gasteiger partial charge in [-0.25, -0.2) is 4.39 Å². The Labute approximate surface area is 103 Å². The Kier molecular flexibility index (Phi) is 3.38. The third-order valence-corrected chi connectivity index (χ3v) is 2.48. The van der Waals surface area contributed by atoms with Crippen LogP contribution in [0.2, 0.25) is 0 Å². The minimum absolute atomic E-state index is 0.126. The number of nitrogens with one attached hydrogen (secondary N) is 1. The molecule has 0 bridgehead atoms. The third kappa shape index (κ3) is 2.54. The van der Waals surface area contributed by atoms with E-state index in [0.717, 1.165) is 0 Å². The molecule has 3 N–H and O–H groups in total. The summed E-state index contributed by atoms with van der Waals surface area (Å²) in [6.07, 6.45) is 2.98. The van der Waals surface area contributed by atoms with Gasteiger partial charge < -0.3 is 11.1 Å². The number of anilines is 1. The molecule has 0 saturated heterocycles. The van der Waals surface area contributed by atoms with Crippen molar-refractivity contribution in [2.75, 3.05) is 5.32 Å². The van der Waals surface area contributed by atoms with E-state index < -0.39 is 11.7 Å². The van der Waals surface area contributed by atoms with Gasteiger partial charge in [0.15, 0.2) is 0 Å². The Hall–Kier alpha value is -2.21. The Balaban J connectivity index is 2.16. The highest BCUT2D eigenvalue weighted by Gasteiger charge is 2.11. The number of rotatable bonds is 3. The van der Waals surface area contributed by atoms with E-state index in [2.05, 4.69) is 10.4 Å². The quantitative estimate of drug-likeness (QED) is 0.859. The molecule has 0 aliphatic rings. The zero-order valence-corrected chi connectivity index (χ0v) is 9.85. The van der Waals surface area contributed by atoms with Crippen LogP contribution in [-0.4, -0.2) is 15.7 Å². The first kappa shape index (κ1) is 12.3. The van der Waals surface area contributed by atoms with Gasteiger partial charge in [-0.1, -0.05) is 6.07 Å². The first-order valence-electron chi connectivity index (χ1n) is 5.38. The van der Waals surface area contributed by atoms with Crippen LogP contribution in [0.15, 0.2) is 30.6 Å². The Bertz CT molecular complexity index is 579. The SMILES string of the molecule is Cn1cc(C(=O)Nc2ccc(CN)cc2F)cn1. The lowest BCUT2D eigenvalue weighted by atomic mass is 10.2. The standard InChI is InChI=1S/C12H13FN4O/c1-17-7-9(6-15-17)12(18)16-11-3-2-8(5-14)4-10(11)13/h2-4,6-7H,5,14H2,1H3,(H,16,18). The number of hydrogen-bond acceptors (Lipinski definition) is 3. The lowest BCUT2D eigenvalue weighted by Gasteiger charge is -2.06. The molecule has 0 aliphatic carbocycles. The van der Waals surface area contributed by atoms with Gasteiger partial charge in [-0.05, 0) is 17.7 Å². The number of aryl methyl sites for hydroxylation is 1. The summed E-state index contributed by atoms with van der Waals surface area (Å²) in [6, 6.07) is 4.46. The number of benzene rings is 1. The Morgan fingerprint density at radius 3 is 2.89 bits per heavy atom. The molecule has 0 spiro atoms. The summed E-state index contributed by atoms with van der Waals surface area (Å²) in [6.45, 7) is 0.258. The van der Waals surface area contributed by atoms with Gasteiger partial charge >= 0.3 is 0 Å². The molecular weight excluding hydrogens is 235 g/mol. The van der Waals surface area contributed by atoms with E-state index in [4.69, 9.17) is 5.73 Å². The average Bonchev–Trinajstić information content (AvgIpc) is 2.78. The summed E-state index contributed by atoms with van der Waals surface area (Å²) in [5.74, 6) is -0.905. The van der Waals surface area contributed by atoms with E-state index in [0.29, 0.717) is 11.1 Å². The second-order valence-electron chi connectivity index (χ2n) is 3.88. The van der Waals surface area contributed by atoms with Gasteiger partial charge in [-0.3, -0.25) is 9.48 Å². The Morgan fingerprint density at radius 2 is 2.33 bits per heavy atom. The first-order valence-corrected chi connectivity index (χ1v) is 5.38. The van der Waals surface area contributed by atoms with Crippen molar-refractivity contribution in [1.82, 2.24) is 9.78 Å². The maximum Gasteiger partial charge on any atom is 0.258 e. The van der Waals surface area contributed by atoms with E-state index in [1.165, 1.54) is 23.0 Å². The minimum atomic E-state index is -0.504. The van der Waals surface area contributed by atoms with Crippen molar-refractivity contribution in [3.05, 3.63) is 47.5 Å². The summed E-state index contributed by atoms with van der Waals surface area (Å²) in [7, 11) is 1.70. The van der Waals surface area contributed by atoms with Gasteiger partial charge in [-0.2, -0.15) is 5.10 Å². The normalized spacial score (nSPS) is 10.4. The van der Waals surface area contributed by atoms with E-state index in [9.17, 15) is 9.18 Å². The van der Waals surface area contributed by atoms with Crippen LogP contribution in [-0.2, 0) is 13.6 Å². The molecule has 2 rings (SSSR count). The lowest BCUT2D eigenvalue weighted by Crippen LogP contribution is -2.12. The van der Waals surface area contributed by atoms with Crippen molar-refractivity contribution in [1.29, 1.82) is 0 Å². The molecule has 0 radical (unpaired) electrons. The summed E-state index contributed by atoms with van der Waals surface area (Å²) in [5, 5.41) is 6.36. The van der Waals surface area contributed by atoms with Crippen molar-refractivity contribution >= 4 is 11.6 Å². The number of carbonyl (C=O) groups excluding carboxylic acids is 1. The molecule has 1 aromatic carbocycles. The van der Waals surface area contributed by atoms with Gasteiger partial charge in [0.05, 0.1) is 17.4 Å². The molecule has 1 aromatic heterocycles. The smallest absolute Gasteiger partial charge is 0.258 e. The molecule has 2 aromatic rings. The largest absolute Gasteiger partial charge is 0.326 e. The maximum atomic E-state index is 13.6. The van der Waals surface area contributed by atoms with Gasteiger partial charge in [0.25, 0.3) is 5.91 Å². The predicted molar refractivity (Wildman–Crippen MR) is 65.5 cm³/mol. The molecule has 0 saturated carbocycles. The fourth-order valence-corrected chi connectivity index (χ4v) is 1.52. The monoisotopic (exact) mass is 248 g/mol. The van der Waals surface area contributed by atoms with Crippen LogP contribution >= 0.6 is 0 Å². The summed E-state index contributed by atoms with van der Waals surface area (Å²) in [5.41, 5.74) is 6.57. The van der Waals surface area contributed by atoms with Crippen LogP contribution in [0.5, 0.6) is 0 Å². The van der Waals surface area contributed by atoms with Gasteiger partial charge in [0.1, 0.15) is 5.82 Å². The van der Waals surface area contributed by atoms with Crippen LogP contribution < -0.4 is 11.1 Å². The molecule has 1 heterocycles. The van der Waals surface area contributed by atoms with Gasteiger partial charge in [-0.15, -0.1) is 0 Å². The van der Waals surface area contributed by atoms with Crippen molar-refractivity contribution in [2.45, 2.75) is 6.54 Å². The van der Waals surface area contributed by atoms with E-state index >= 15 is 0 Å².